The minimum atomic E-state index is -2.58. The van der Waals surface area contributed by atoms with Crippen molar-refractivity contribution in [2.45, 2.75) is 18.6 Å². The molecule has 0 radical (unpaired) electrons. The SMILES string of the molecule is C1=CCCC([Si](c2ccccc2)(c2ccc3c(c2)c2ccccc2n3-c2ccccc2)C2N=CC=CN2)=C1. The maximum absolute atomic E-state index is 5.09. The Kier molecular flexibility index (Phi) is 5.67. The number of aliphatic imine (C=N–C) groups is 1. The first-order valence-electron chi connectivity index (χ1n) is 13.3. The number of rotatable bonds is 5. The van der Waals surface area contributed by atoms with Crippen molar-refractivity contribution in [1.82, 2.24) is 9.88 Å². The van der Waals surface area contributed by atoms with Gasteiger partial charge in [-0.1, -0.05) is 102 Å². The Morgan fingerprint density at radius 2 is 1.50 bits per heavy atom. The van der Waals surface area contributed by atoms with Crippen molar-refractivity contribution in [3.8, 4) is 5.69 Å². The molecule has 2 unspecified atom stereocenters. The molecule has 0 spiro atoms. The first-order chi connectivity index (χ1) is 18.9. The summed E-state index contributed by atoms with van der Waals surface area (Å²) in [6.45, 7) is 0. The van der Waals surface area contributed by atoms with Crippen LogP contribution in [0.2, 0.25) is 0 Å². The normalized spacial score (nSPS) is 18.3. The van der Waals surface area contributed by atoms with Crippen LogP contribution in [0.4, 0.5) is 0 Å². The molecular formula is C34H29N3Si. The van der Waals surface area contributed by atoms with Gasteiger partial charge in [-0.25, -0.2) is 0 Å². The molecule has 1 N–H and O–H groups in total. The maximum Gasteiger partial charge on any atom is 0.194 e. The Morgan fingerprint density at radius 1 is 0.737 bits per heavy atom. The molecule has 7 rings (SSSR count). The quantitative estimate of drug-likeness (QED) is 0.281. The highest BCUT2D eigenvalue weighted by molar-refractivity contribution is 7.08. The number of aromatic nitrogens is 1. The highest BCUT2D eigenvalue weighted by Crippen LogP contribution is 2.34. The minimum Gasteiger partial charge on any atom is -0.372 e. The number of hydrogen-bond donors (Lipinski definition) is 1. The van der Waals surface area contributed by atoms with Crippen molar-refractivity contribution in [3.63, 3.8) is 0 Å². The highest BCUT2D eigenvalue weighted by Gasteiger charge is 2.48. The Bertz CT molecular complexity index is 1740. The molecule has 2 aliphatic rings. The second-order valence-electron chi connectivity index (χ2n) is 9.98. The van der Waals surface area contributed by atoms with Crippen LogP contribution in [0.25, 0.3) is 27.5 Å². The van der Waals surface area contributed by atoms with Gasteiger partial charge in [0.05, 0.1) is 11.0 Å². The fourth-order valence-electron chi connectivity index (χ4n) is 6.34. The number of allylic oxidation sites excluding steroid dienone is 5. The van der Waals surface area contributed by atoms with Gasteiger partial charge >= 0.3 is 0 Å². The van der Waals surface area contributed by atoms with Gasteiger partial charge in [0, 0.05) is 22.7 Å². The molecule has 5 aromatic rings. The minimum absolute atomic E-state index is 0.0208. The summed E-state index contributed by atoms with van der Waals surface area (Å²) in [7, 11) is -2.58. The van der Waals surface area contributed by atoms with E-state index in [2.05, 4.69) is 137 Å². The fourth-order valence-corrected chi connectivity index (χ4v) is 11.4. The predicted octanol–water partition coefficient (Wildman–Crippen LogP) is 6.22. The number of para-hydroxylation sites is 2. The number of benzene rings is 4. The molecule has 0 bridgehead atoms. The van der Waals surface area contributed by atoms with Crippen LogP contribution in [0.1, 0.15) is 12.8 Å². The third-order valence-corrected chi connectivity index (χ3v) is 13.0. The second kappa shape index (κ2) is 9.47. The summed E-state index contributed by atoms with van der Waals surface area (Å²) in [5.74, 6) is -0.0208. The monoisotopic (exact) mass is 507 g/mol. The van der Waals surface area contributed by atoms with Crippen molar-refractivity contribution in [3.05, 3.63) is 139 Å². The standard InChI is InChI=1S/C34H29N3Si/c1-4-13-26(14-5-1)37-32-20-11-10-19-30(32)31-25-29(21-22-33(31)37)38(27-15-6-2-7-16-27,28-17-8-3-9-18-28)34-35-23-12-24-36-34/h1-8,10-17,19-25,34-35H,9,18H2. The Hall–Kier alpha value is -4.41. The number of fused-ring (bicyclic) bond motifs is 3. The van der Waals surface area contributed by atoms with Gasteiger partial charge in [0.25, 0.3) is 0 Å². The summed E-state index contributed by atoms with van der Waals surface area (Å²) < 4.78 is 2.39. The molecule has 2 atom stereocenters. The van der Waals surface area contributed by atoms with E-state index in [1.807, 2.05) is 12.3 Å². The lowest BCUT2D eigenvalue weighted by Gasteiger charge is -2.41. The van der Waals surface area contributed by atoms with Crippen LogP contribution in [0.15, 0.2) is 144 Å². The third-order valence-electron chi connectivity index (χ3n) is 7.97. The Morgan fingerprint density at radius 3 is 2.26 bits per heavy atom. The Balaban J connectivity index is 1.56. The molecule has 0 saturated carbocycles. The smallest absolute Gasteiger partial charge is 0.194 e. The summed E-state index contributed by atoms with van der Waals surface area (Å²) in [6.07, 6.45) is 15.0. The molecule has 1 aliphatic carbocycles. The van der Waals surface area contributed by atoms with Crippen molar-refractivity contribution < 1.29 is 0 Å². The predicted molar refractivity (Wildman–Crippen MR) is 163 cm³/mol. The van der Waals surface area contributed by atoms with Gasteiger partial charge in [0.15, 0.2) is 8.07 Å². The zero-order valence-electron chi connectivity index (χ0n) is 21.2. The number of hydrogen-bond acceptors (Lipinski definition) is 2. The first kappa shape index (κ1) is 22.8. The summed E-state index contributed by atoms with van der Waals surface area (Å²) in [4.78, 5) is 5.09. The summed E-state index contributed by atoms with van der Waals surface area (Å²) in [5.41, 5.74) is 3.64. The first-order valence-corrected chi connectivity index (χ1v) is 15.4. The molecule has 1 aromatic heterocycles. The molecule has 184 valence electrons. The summed E-state index contributed by atoms with van der Waals surface area (Å²) in [5, 5.41) is 10.5. The summed E-state index contributed by atoms with van der Waals surface area (Å²) >= 11 is 0. The van der Waals surface area contributed by atoms with Crippen molar-refractivity contribution in [2.75, 3.05) is 0 Å². The lowest BCUT2D eigenvalue weighted by Crippen LogP contribution is -2.71. The van der Waals surface area contributed by atoms with Gasteiger partial charge in [-0.2, -0.15) is 0 Å². The van der Waals surface area contributed by atoms with E-state index < -0.39 is 8.07 Å². The van der Waals surface area contributed by atoms with Gasteiger partial charge in [-0.05, 0) is 59.8 Å². The van der Waals surface area contributed by atoms with Gasteiger partial charge in [0.2, 0.25) is 0 Å². The highest BCUT2D eigenvalue weighted by atomic mass is 28.3. The largest absolute Gasteiger partial charge is 0.372 e. The topological polar surface area (TPSA) is 29.3 Å². The van der Waals surface area contributed by atoms with Crippen LogP contribution < -0.4 is 15.7 Å². The lowest BCUT2D eigenvalue weighted by atomic mass is 10.1. The number of nitrogens with one attached hydrogen (secondary N) is 1. The van der Waals surface area contributed by atoms with E-state index in [1.54, 1.807) is 0 Å². The zero-order chi connectivity index (χ0) is 25.4. The van der Waals surface area contributed by atoms with Crippen LogP contribution in [-0.4, -0.2) is 24.6 Å². The van der Waals surface area contributed by atoms with Gasteiger partial charge in [0.1, 0.15) is 5.79 Å². The molecule has 0 fully saturated rings. The maximum atomic E-state index is 5.09. The van der Waals surface area contributed by atoms with Crippen LogP contribution in [0, 0.1) is 0 Å². The summed E-state index contributed by atoms with van der Waals surface area (Å²) in [6, 6.07) is 37.8. The second-order valence-corrected chi connectivity index (χ2v) is 13.9. The number of nitrogens with zero attached hydrogens (tertiary/aromatic N) is 2. The molecule has 0 saturated heterocycles. The van der Waals surface area contributed by atoms with Crippen LogP contribution in [0.3, 0.4) is 0 Å². The van der Waals surface area contributed by atoms with E-state index in [0.29, 0.717) is 0 Å². The van der Waals surface area contributed by atoms with E-state index in [1.165, 1.54) is 43.1 Å². The average Bonchev–Trinajstić information content (AvgIpc) is 3.34. The molecule has 2 heterocycles. The van der Waals surface area contributed by atoms with Crippen molar-refractivity contribution >= 4 is 46.5 Å². The molecular weight excluding hydrogens is 478 g/mol. The van der Waals surface area contributed by atoms with Crippen molar-refractivity contribution in [2.24, 2.45) is 4.99 Å². The van der Waals surface area contributed by atoms with Gasteiger partial charge in [-0.3, -0.25) is 4.99 Å². The van der Waals surface area contributed by atoms with E-state index in [-0.39, 0.29) is 5.79 Å². The van der Waals surface area contributed by atoms with E-state index in [4.69, 9.17) is 4.99 Å². The van der Waals surface area contributed by atoms with Crippen LogP contribution in [0.5, 0.6) is 0 Å². The molecule has 0 amide bonds. The molecule has 4 aromatic carbocycles. The van der Waals surface area contributed by atoms with E-state index in [9.17, 15) is 0 Å². The molecule has 4 heteroatoms. The van der Waals surface area contributed by atoms with E-state index >= 15 is 0 Å². The lowest BCUT2D eigenvalue weighted by molar-refractivity contribution is 0.775. The van der Waals surface area contributed by atoms with Crippen molar-refractivity contribution in [1.29, 1.82) is 0 Å². The molecule has 38 heavy (non-hydrogen) atoms. The van der Waals surface area contributed by atoms with Crippen LogP contribution in [-0.2, 0) is 0 Å². The average molecular weight is 508 g/mol. The van der Waals surface area contributed by atoms with Gasteiger partial charge < -0.3 is 9.88 Å². The Labute approximate surface area is 224 Å². The fraction of sp³-hybridized carbons (Fsp3) is 0.0882. The van der Waals surface area contributed by atoms with E-state index in [0.717, 1.165) is 12.8 Å². The molecule has 3 nitrogen and oxygen atoms in total. The van der Waals surface area contributed by atoms with Gasteiger partial charge in [-0.15, -0.1) is 0 Å². The third kappa shape index (κ3) is 3.52. The molecule has 1 aliphatic heterocycles. The zero-order valence-corrected chi connectivity index (χ0v) is 22.2. The van der Waals surface area contributed by atoms with Crippen LogP contribution >= 0.6 is 0 Å².